The zero-order valence-corrected chi connectivity index (χ0v) is 8.58. The van der Waals surface area contributed by atoms with Gasteiger partial charge in [-0.05, 0) is 37.0 Å². The van der Waals surface area contributed by atoms with Gasteiger partial charge in [0.2, 0.25) is 0 Å². The highest BCUT2D eigenvalue weighted by Crippen LogP contribution is 2.47. The highest BCUT2D eigenvalue weighted by Gasteiger charge is 2.39. The Balaban J connectivity index is 1.81. The highest BCUT2D eigenvalue weighted by atomic mass is 16.5. The first kappa shape index (κ1) is 9.75. The normalized spacial score (nSPS) is 35.3. The van der Waals surface area contributed by atoms with Crippen LogP contribution < -0.4 is 0 Å². The topological polar surface area (TPSA) is 26.3 Å². The first-order valence-corrected chi connectivity index (χ1v) is 5.60. The highest BCUT2D eigenvalue weighted by molar-refractivity contribution is 5.81. The van der Waals surface area contributed by atoms with E-state index >= 15 is 0 Å². The number of fused-ring (bicyclic) bond motifs is 1. The van der Waals surface area contributed by atoms with Crippen LogP contribution in [0.3, 0.4) is 0 Å². The zero-order chi connectivity index (χ0) is 9.97. The largest absolute Gasteiger partial charge is 0.462 e. The van der Waals surface area contributed by atoms with E-state index in [-0.39, 0.29) is 5.97 Å². The molecule has 3 atom stereocenters. The summed E-state index contributed by atoms with van der Waals surface area (Å²) in [5.41, 5.74) is 0. The lowest BCUT2D eigenvalue weighted by Gasteiger charge is -2.17. The molecule has 0 radical (unpaired) electrons. The fourth-order valence-corrected chi connectivity index (χ4v) is 3.14. The van der Waals surface area contributed by atoms with Crippen molar-refractivity contribution in [1.82, 2.24) is 0 Å². The first-order valence-electron chi connectivity index (χ1n) is 5.60. The van der Waals surface area contributed by atoms with Crippen LogP contribution in [0, 0.1) is 17.8 Å². The van der Waals surface area contributed by atoms with Crippen molar-refractivity contribution in [2.45, 2.75) is 32.1 Å². The number of carbonyl (C=O) groups excluding carboxylic acids is 1. The summed E-state index contributed by atoms with van der Waals surface area (Å²) in [6.07, 6.45) is 7.97. The van der Waals surface area contributed by atoms with Crippen LogP contribution in [0.4, 0.5) is 0 Å². The quantitative estimate of drug-likeness (QED) is 0.510. The van der Waals surface area contributed by atoms with Crippen LogP contribution in [0.5, 0.6) is 0 Å². The van der Waals surface area contributed by atoms with Crippen LogP contribution in [0.2, 0.25) is 0 Å². The van der Waals surface area contributed by atoms with Crippen LogP contribution in [0.25, 0.3) is 0 Å². The maximum absolute atomic E-state index is 10.9. The van der Waals surface area contributed by atoms with Gasteiger partial charge in [-0.3, -0.25) is 0 Å². The molecule has 2 rings (SSSR count). The lowest BCUT2D eigenvalue weighted by atomic mass is 9.93. The summed E-state index contributed by atoms with van der Waals surface area (Å²) in [4.78, 5) is 10.9. The molecule has 3 unspecified atom stereocenters. The average molecular weight is 194 g/mol. The molecule has 14 heavy (non-hydrogen) atoms. The molecule has 0 N–H and O–H groups in total. The summed E-state index contributed by atoms with van der Waals surface area (Å²) < 4.78 is 5.13. The van der Waals surface area contributed by atoms with E-state index in [1.54, 1.807) is 0 Å². The summed E-state index contributed by atoms with van der Waals surface area (Å²) in [5.74, 6) is 2.13. The van der Waals surface area contributed by atoms with Gasteiger partial charge in [0.25, 0.3) is 0 Å². The standard InChI is InChI=1S/C12H18O2/c1-2-12(13)14-8-10-7-6-9-4-3-5-11(9)10/h2,9-11H,1,3-8H2. The number of rotatable bonds is 3. The zero-order valence-electron chi connectivity index (χ0n) is 8.58. The summed E-state index contributed by atoms with van der Waals surface area (Å²) >= 11 is 0. The van der Waals surface area contributed by atoms with Gasteiger partial charge in [0.1, 0.15) is 0 Å². The molecule has 2 heteroatoms. The lowest BCUT2D eigenvalue weighted by molar-refractivity contribution is -0.139. The Morgan fingerprint density at radius 3 is 3.00 bits per heavy atom. The van der Waals surface area contributed by atoms with Crippen molar-refractivity contribution >= 4 is 5.97 Å². The third-order valence-corrected chi connectivity index (χ3v) is 3.84. The third kappa shape index (κ3) is 1.84. The fourth-order valence-electron chi connectivity index (χ4n) is 3.14. The summed E-state index contributed by atoms with van der Waals surface area (Å²) in [6, 6.07) is 0. The van der Waals surface area contributed by atoms with E-state index < -0.39 is 0 Å². The number of ether oxygens (including phenoxy) is 1. The molecular weight excluding hydrogens is 176 g/mol. The lowest BCUT2D eigenvalue weighted by Crippen LogP contribution is -2.17. The second-order valence-electron chi connectivity index (χ2n) is 4.53. The monoisotopic (exact) mass is 194 g/mol. The van der Waals surface area contributed by atoms with Gasteiger partial charge in [-0.2, -0.15) is 0 Å². The first-order chi connectivity index (χ1) is 6.81. The Labute approximate surface area is 85.3 Å². The Hall–Kier alpha value is -0.790. The Morgan fingerprint density at radius 2 is 2.21 bits per heavy atom. The second-order valence-corrected chi connectivity index (χ2v) is 4.53. The molecule has 0 bridgehead atoms. The maximum Gasteiger partial charge on any atom is 0.330 e. The molecule has 0 aromatic rings. The number of hydrogen-bond donors (Lipinski definition) is 0. The average Bonchev–Trinajstić information content (AvgIpc) is 2.76. The molecule has 0 aromatic heterocycles. The SMILES string of the molecule is C=CC(=O)OCC1CCC2CCCC21. The van der Waals surface area contributed by atoms with E-state index in [1.807, 2.05) is 0 Å². The van der Waals surface area contributed by atoms with E-state index in [2.05, 4.69) is 6.58 Å². The smallest absolute Gasteiger partial charge is 0.330 e. The molecule has 0 heterocycles. The van der Waals surface area contributed by atoms with Gasteiger partial charge in [0, 0.05) is 6.08 Å². The molecule has 0 aliphatic heterocycles. The predicted octanol–water partition coefficient (Wildman–Crippen LogP) is 2.54. The minimum Gasteiger partial charge on any atom is -0.462 e. The molecule has 0 spiro atoms. The van der Waals surface area contributed by atoms with Gasteiger partial charge < -0.3 is 4.74 Å². The van der Waals surface area contributed by atoms with Gasteiger partial charge in [0.15, 0.2) is 0 Å². The van der Waals surface area contributed by atoms with Crippen molar-refractivity contribution in [3.05, 3.63) is 12.7 Å². The third-order valence-electron chi connectivity index (χ3n) is 3.84. The Bertz CT molecular complexity index is 234. The van der Waals surface area contributed by atoms with E-state index in [0.717, 1.165) is 11.8 Å². The van der Waals surface area contributed by atoms with Crippen molar-refractivity contribution in [2.75, 3.05) is 6.61 Å². The molecule has 0 saturated heterocycles. The van der Waals surface area contributed by atoms with Crippen molar-refractivity contribution in [3.8, 4) is 0 Å². The number of hydrogen-bond acceptors (Lipinski definition) is 2. The Kier molecular flexibility index (Phi) is 2.90. The molecule has 2 saturated carbocycles. The molecule has 78 valence electrons. The van der Waals surface area contributed by atoms with Crippen molar-refractivity contribution in [3.63, 3.8) is 0 Å². The predicted molar refractivity (Wildman–Crippen MR) is 54.7 cm³/mol. The fraction of sp³-hybridized carbons (Fsp3) is 0.750. The van der Waals surface area contributed by atoms with Crippen LogP contribution in [-0.4, -0.2) is 12.6 Å². The second kappa shape index (κ2) is 4.16. The van der Waals surface area contributed by atoms with Gasteiger partial charge in [-0.1, -0.05) is 19.4 Å². The molecule has 0 amide bonds. The molecule has 2 nitrogen and oxygen atoms in total. The molecule has 2 fully saturated rings. The summed E-state index contributed by atoms with van der Waals surface area (Å²) in [5, 5.41) is 0. The minimum absolute atomic E-state index is 0.272. The van der Waals surface area contributed by atoms with E-state index in [0.29, 0.717) is 12.5 Å². The van der Waals surface area contributed by atoms with Crippen LogP contribution >= 0.6 is 0 Å². The van der Waals surface area contributed by atoms with Crippen molar-refractivity contribution < 1.29 is 9.53 Å². The number of carbonyl (C=O) groups is 1. The summed E-state index contributed by atoms with van der Waals surface area (Å²) in [6.45, 7) is 4.01. The van der Waals surface area contributed by atoms with E-state index in [4.69, 9.17) is 4.74 Å². The maximum atomic E-state index is 10.9. The minimum atomic E-state index is -0.272. The van der Waals surface area contributed by atoms with Gasteiger partial charge in [-0.25, -0.2) is 4.79 Å². The Morgan fingerprint density at radius 1 is 1.36 bits per heavy atom. The van der Waals surface area contributed by atoms with E-state index in [1.165, 1.54) is 38.2 Å². The van der Waals surface area contributed by atoms with Crippen LogP contribution in [0.15, 0.2) is 12.7 Å². The van der Waals surface area contributed by atoms with Crippen LogP contribution in [-0.2, 0) is 9.53 Å². The number of esters is 1. The van der Waals surface area contributed by atoms with Gasteiger partial charge in [-0.15, -0.1) is 0 Å². The van der Waals surface area contributed by atoms with Gasteiger partial charge in [0.05, 0.1) is 6.61 Å². The van der Waals surface area contributed by atoms with Crippen LogP contribution in [0.1, 0.15) is 32.1 Å². The molecule has 2 aliphatic rings. The summed E-state index contributed by atoms with van der Waals surface area (Å²) in [7, 11) is 0. The van der Waals surface area contributed by atoms with E-state index in [9.17, 15) is 4.79 Å². The molecule has 0 aromatic carbocycles. The van der Waals surface area contributed by atoms with Crippen molar-refractivity contribution in [2.24, 2.45) is 17.8 Å². The molecular formula is C12H18O2. The molecule has 2 aliphatic carbocycles. The van der Waals surface area contributed by atoms with Crippen molar-refractivity contribution in [1.29, 1.82) is 0 Å². The van der Waals surface area contributed by atoms with Gasteiger partial charge >= 0.3 is 5.97 Å².